The molecule has 5 atom stereocenters. The third-order valence-electron chi connectivity index (χ3n) is 10.1. The van der Waals surface area contributed by atoms with Gasteiger partial charge in [0, 0.05) is 23.3 Å². The van der Waals surface area contributed by atoms with Gasteiger partial charge in [-0.1, -0.05) is 101 Å². The number of rotatable bonds is 13. The fraction of sp³-hybridized carbons (Fsp3) is 0.488. The van der Waals surface area contributed by atoms with Gasteiger partial charge in [0.2, 0.25) is 0 Å². The number of esters is 2. The van der Waals surface area contributed by atoms with Crippen LogP contribution in [0, 0.1) is 5.92 Å². The number of ether oxygens (including phenoxy) is 4. The van der Waals surface area contributed by atoms with Crippen LogP contribution in [0.25, 0.3) is 11.1 Å². The fourth-order valence-corrected chi connectivity index (χ4v) is 10.2. The summed E-state index contributed by atoms with van der Waals surface area (Å²) in [5, 5.41) is 5.43. The minimum absolute atomic E-state index is 0.0939. The van der Waals surface area contributed by atoms with Crippen LogP contribution in [0.5, 0.6) is 0 Å². The van der Waals surface area contributed by atoms with E-state index in [0.29, 0.717) is 11.8 Å². The zero-order chi connectivity index (χ0) is 39.3. The van der Waals surface area contributed by atoms with Gasteiger partial charge in [0.25, 0.3) is 0 Å². The van der Waals surface area contributed by atoms with E-state index >= 15 is 0 Å². The number of benzene rings is 3. The molecule has 12 heteroatoms. The Morgan fingerprint density at radius 1 is 0.636 bits per heavy atom. The SMILES string of the molecule is CC(C)(C)OC(=O)[C@@H](CSSC[C@@H](NC(=O)OCC1c2ccccc2C2CCCC21)C(=O)OC(C)(C)C)NC(=O)OCC1c2ccccc2-c2ccccc21. The summed E-state index contributed by atoms with van der Waals surface area (Å²) < 4.78 is 22.8. The van der Waals surface area contributed by atoms with Crippen LogP contribution < -0.4 is 10.6 Å². The lowest BCUT2D eigenvalue weighted by atomic mass is 9.90. The van der Waals surface area contributed by atoms with E-state index in [0.717, 1.165) is 41.5 Å². The van der Waals surface area contributed by atoms with E-state index in [-0.39, 0.29) is 36.6 Å². The molecule has 0 radical (unpaired) electrons. The Balaban J connectivity index is 1.04. The summed E-state index contributed by atoms with van der Waals surface area (Å²) in [6.07, 6.45) is 1.98. The molecule has 0 aromatic heterocycles. The highest BCUT2D eigenvalue weighted by molar-refractivity contribution is 8.76. The minimum atomic E-state index is -1.04. The molecular formula is C43H52N2O8S2. The van der Waals surface area contributed by atoms with Crippen molar-refractivity contribution in [2.24, 2.45) is 5.92 Å². The maximum atomic E-state index is 13.3. The molecule has 1 fully saturated rings. The lowest BCUT2D eigenvalue weighted by molar-refractivity contribution is -0.157. The molecule has 0 saturated heterocycles. The van der Waals surface area contributed by atoms with Gasteiger partial charge in [-0.05, 0) is 99.6 Å². The predicted molar refractivity (Wildman–Crippen MR) is 216 cm³/mol. The average Bonchev–Trinajstić information content (AvgIpc) is 3.81. The first-order valence-electron chi connectivity index (χ1n) is 19.0. The highest BCUT2D eigenvalue weighted by Gasteiger charge is 2.43. The fourth-order valence-electron chi connectivity index (χ4n) is 7.93. The van der Waals surface area contributed by atoms with Gasteiger partial charge in [-0.2, -0.15) is 0 Å². The third-order valence-corrected chi connectivity index (χ3v) is 12.6. The molecule has 294 valence electrons. The van der Waals surface area contributed by atoms with Crippen LogP contribution in [0.3, 0.4) is 0 Å². The van der Waals surface area contributed by atoms with E-state index in [9.17, 15) is 19.2 Å². The van der Waals surface area contributed by atoms with E-state index in [1.807, 2.05) is 42.5 Å². The highest BCUT2D eigenvalue weighted by atomic mass is 33.1. The van der Waals surface area contributed by atoms with Crippen molar-refractivity contribution in [1.82, 2.24) is 10.6 Å². The zero-order valence-electron chi connectivity index (χ0n) is 32.4. The van der Waals surface area contributed by atoms with Crippen LogP contribution in [-0.4, -0.2) is 72.1 Å². The van der Waals surface area contributed by atoms with E-state index in [2.05, 4.69) is 41.0 Å². The van der Waals surface area contributed by atoms with Crippen LogP contribution in [0.4, 0.5) is 9.59 Å². The van der Waals surface area contributed by atoms with Crippen molar-refractivity contribution in [3.63, 3.8) is 0 Å². The van der Waals surface area contributed by atoms with Gasteiger partial charge in [0.05, 0.1) is 0 Å². The molecule has 0 aliphatic heterocycles. The molecule has 3 unspecified atom stereocenters. The number of hydrogen-bond donors (Lipinski definition) is 2. The van der Waals surface area contributed by atoms with E-state index in [1.54, 1.807) is 41.5 Å². The second-order valence-electron chi connectivity index (χ2n) is 16.4. The number of nitrogens with one attached hydrogen (secondary N) is 2. The van der Waals surface area contributed by atoms with Crippen molar-refractivity contribution in [3.8, 4) is 11.1 Å². The molecular weight excluding hydrogens is 737 g/mol. The molecule has 3 aliphatic rings. The Bertz CT molecular complexity index is 1830. The smallest absolute Gasteiger partial charge is 0.407 e. The van der Waals surface area contributed by atoms with Crippen molar-refractivity contribution in [3.05, 3.63) is 95.1 Å². The standard InChI is InChI=1S/C43H52N2O8S2/c1-42(2,3)52-38(46)36(44-40(48)50-22-34-30-17-10-7-14-26(30)27-15-8-11-18-31(27)34)24-54-55-25-37(39(47)53-43(4,5)6)45-41(49)51-23-35-32-19-12-9-16-28(32)29-20-13-21-33(29)35/h7-12,14-19,29,33-37H,13,20-25H2,1-6H3,(H,44,48)(H,45,49)/t29?,33?,35?,36-,37-/m1/s1. The lowest BCUT2D eigenvalue weighted by Crippen LogP contribution is -2.46. The van der Waals surface area contributed by atoms with Gasteiger partial charge in [-0.3, -0.25) is 0 Å². The summed E-state index contributed by atoms with van der Waals surface area (Å²) in [6.45, 7) is 10.9. The average molecular weight is 789 g/mol. The molecule has 0 spiro atoms. The molecule has 3 aromatic carbocycles. The van der Waals surface area contributed by atoms with Crippen molar-refractivity contribution in [2.75, 3.05) is 24.7 Å². The Labute approximate surface area is 331 Å². The molecule has 1 saturated carbocycles. The monoisotopic (exact) mass is 788 g/mol. The summed E-state index contributed by atoms with van der Waals surface area (Å²) in [7, 11) is 2.51. The summed E-state index contributed by atoms with van der Waals surface area (Å²) in [5.41, 5.74) is 5.41. The number of amides is 2. The number of hydrogen-bond acceptors (Lipinski definition) is 10. The number of carbonyl (C=O) groups is 4. The van der Waals surface area contributed by atoms with Crippen LogP contribution in [-0.2, 0) is 28.5 Å². The molecule has 0 heterocycles. The maximum absolute atomic E-state index is 13.3. The Morgan fingerprint density at radius 3 is 1.60 bits per heavy atom. The molecule has 0 bridgehead atoms. The van der Waals surface area contributed by atoms with Gasteiger partial charge in [-0.25, -0.2) is 19.2 Å². The topological polar surface area (TPSA) is 129 Å². The molecule has 3 aliphatic carbocycles. The van der Waals surface area contributed by atoms with Crippen molar-refractivity contribution in [1.29, 1.82) is 0 Å². The van der Waals surface area contributed by atoms with Gasteiger partial charge < -0.3 is 29.6 Å². The molecule has 55 heavy (non-hydrogen) atoms. The first-order valence-corrected chi connectivity index (χ1v) is 21.5. The third kappa shape index (κ3) is 10.2. The number of alkyl carbamates (subject to hydrolysis) is 2. The normalized spacial score (nSPS) is 19.6. The van der Waals surface area contributed by atoms with E-state index < -0.39 is 47.4 Å². The van der Waals surface area contributed by atoms with Crippen LogP contribution in [0.1, 0.15) is 101 Å². The van der Waals surface area contributed by atoms with Crippen LogP contribution in [0.2, 0.25) is 0 Å². The maximum Gasteiger partial charge on any atom is 0.407 e. The van der Waals surface area contributed by atoms with Crippen LogP contribution in [0.15, 0.2) is 72.8 Å². The summed E-state index contributed by atoms with van der Waals surface area (Å²) in [6, 6.07) is 22.5. The molecule has 6 rings (SSSR count). The predicted octanol–water partition coefficient (Wildman–Crippen LogP) is 8.73. The van der Waals surface area contributed by atoms with Gasteiger partial charge >= 0.3 is 24.1 Å². The summed E-state index contributed by atoms with van der Waals surface area (Å²) in [5.74, 6) is -0.0553. The molecule has 3 aromatic rings. The Morgan fingerprint density at radius 2 is 1.09 bits per heavy atom. The molecule has 10 nitrogen and oxygen atoms in total. The largest absolute Gasteiger partial charge is 0.458 e. The number of fused-ring (bicyclic) bond motifs is 6. The van der Waals surface area contributed by atoms with Crippen molar-refractivity contribution < 1.29 is 38.1 Å². The van der Waals surface area contributed by atoms with Crippen molar-refractivity contribution >= 4 is 45.7 Å². The van der Waals surface area contributed by atoms with Crippen LogP contribution >= 0.6 is 21.6 Å². The van der Waals surface area contributed by atoms with Gasteiger partial charge in [0.15, 0.2) is 0 Å². The quantitative estimate of drug-likeness (QED) is 0.0751. The Kier molecular flexibility index (Phi) is 12.8. The molecule has 2 amide bonds. The minimum Gasteiger partial charge on any atom is -0.458 e. The highest BCUT2D eigenvalue weighted by Crippen LogP contribution is 2.54. The second-order valence-corrected chi connectivity index (χ2v) is 18.9. The number of carbonyl (C=O) groups excluding carboxylic acids is 4. The summed E-state index contributed by atoms with van der Waals surface area (Å²) >= 11 is 0. The zero-order valence-corrected chi connectivity index (χ0v) is 34.1. The first kappa shape index (κ1) is 40.5. The molecule has 2 N–H and O–H groups in total. The summed E-state index contributed by atoms with van der Waals surface area (Å²) in [4.78, 5) is 52.9. The van der Waals surface area contributed by atoms with Crippen molar-refractivity contribution in [2.45, 2.75) is 102 Å². The van der Waals surface area contributed by atoms with E-state index in [4.69, 9.17) is 18.9 Å². The first-order chi connectivity index (χ1) is 26.2. The lowest BCUT2D eigenvalue weighted by Gasteiger charge is -2.25. The Hall–Kier alpha value is -4.16. The second kappa shape index (κ2) is 17.3. The van der Waals surface area contributed by atoms with E-state index in [1.165, 1.54) is 32.7 Å². The van der Waals surface area contributed by atoms with Gasteiger partial charge in [-0.15, -0.1) is 0 Å². The van der Waals surface area contributed by atoms with Gasteiger partial charge in [0.1, 0.15) is 36.5 Å².